The van der Waals surface area contributed by atoms with Crippen LogP contribution in [0.1, 0.15) is 35.1 Å². The minimum Gasteiger partial charge on any atom is -0.197 e. The molecule has 0 saturated carbocycles. The van der Waals surface area contributed by atoms with Crippen LogP contribution in [0.15, 0.2) is 72.8 Å². The maximum atomic E-state index is 3.32. The average Bonchev–Trinajstić information content (AvgIpc) is 3.30. The molecular weight excluding hydrogens is 379 g/mol. The largest absolute Gasteiger partial charge is 2.00 e. The molecule has 2 aliphatic carbocycles. The van der Waals surface area contributed by atoms with Gasteiger partial charge in [-0.05, 0) is 0 Å². The second kappa shape index (κ2) is 9.68. The third kappa shape index (κ3) is 5.13. The molecule has 0 atom stereocenters. The maximum Gasteiger partial charge on any atom is 2.00 e. The van der Waals surface area contributed by atoms with Crippen LogP contribution < -0.4 is 0 Å². The zero-order chi connectivity index (χ0) is 16.8. The van der Waals surface area contributed by atoms with Crippen molar-refractivity contribution in [3.63, 3.8) is 0 Å². The van der Waals surface area contributed by atoms with Gasteiger partial charge in [0.25, 0.3) is 0 Å². The van der Waals surface area contributed by atoms with Crippen LogP contribution >= 0.6 is 0 Å². The molecule has 2 aliphatic rings. The summed E-state index contributed by atoms with van der Waals surface area (Å²) in [6.45, 7) is 4.27. The maximum absolute atomic E-state index is 3.32. The van der Waals surface area contributed by atoms with Gasteiger partial charge in [-0.1, -0.05) is 74.2 Å². The van der Waals surface area contributed by atoms with Crippen molar-refractivity contribution >= 4 is 11.1 Å². The van der Waals surface area contributed by atoms with Gasteiger partial charge in [-0.25, -0.2) is 0 Å². The molecule has 0 aromatic heterocycles. The first-order valence-electron chi connectivity index (χ1n) is 8.42. The van der Waals surface area contributed by atoms with Crippen molar-refractivity contribution < 1.29 is 26.2 Å². The van der Waals surface area contributed by atoms with Gasteiger partial charge in [-0.2, -0.15) is 35.5 Å². The van der Waals surface area contributed by atoms with E-state index in [0.717, 1.165) is 12.8 Å². The predicted octanol–water partition coefficient (Wildman–Crippen LogP) is 6.28. The van der Waals surface area contributed by atoms with Crippen LogP contribution in [0.2, 0.25) is 0 Å². The summed E-state index contributed by atoms with van der Waals surface area (Å²) < 4.78 is 0. The predicted molar refractivity (Wildman–Crippen MR) is 103 cm³/mol. The van der Waals surface area contributed by atoms with E-state index in [4.69, 9.17) is 0 Å². The van der Waals surface area contributed by atoms with Gasteiger partial charge in [0, 0.05) is 0 Å². The smallest absolute Gasteiger partial charge is 0.197 e. The second-order valence-electron chi connectivity index (χ2n) is 6.02. The van der Waals surface area contributed by atoms with Crippen molar-refractivity contribution in [1.29, 1.82) is 0 Å². The van der Waals surface area contributed by atoms with Crippen LogP contribution in [0.4, 0.5) is 0 Å². The summed E-state index contributed by atoms with van der Waals surface area (Å²) in [7, 11) is 0. The summed E-state index contributed by atoms with van der Waals surface area (Å²) >= 11 is 0. The zero-order valence-corrected chi connectivity index (χ0v) is 17.3. The second-order valence-corrected chi connectivity index (χ2v) is 6.02. The molecule has 1 heteroatoms. The van der Waals surface area contributed by atoms with Crippen LogP contribution in [-0.4, -0.2) is 0 Å². The molecule has 122 valence electrons. The first kappa shape index (κ1) is 19.6. The molecule has 0 N–H and O–H groups in total. The number of benzene rings is 2. The fourth-order valence-corrected chi connectivity index (χ4v) is 2.93. The number of hydrogen-bond acceptors (Lipinski definition) is 0. The van der Waals surface area contributed by atoms with E-state index < -0.39 is 0 Å². The summed E-state index contributed by atoms with van der Waals surface area (Å²) in [6.07, 6.45) is 17.1. The topological polar surface area (TPSA) is 0 Å². The molecule has 0 saturated heterocycles. The molecule has 0 nitrogen and oxygen atoms in total. The number of hydrogen-bond donors (Lipinski definition) is 0. The monoisotopic (exact) mass is 400 g/mol. The fourth-order valence-electron chi connectivity index (χ4n) is 2.93. The van der Waals surface area contributed by atoms with Gasteiger partial charge in [-0.3, -0.25) is 0 Å². The van der Waals surface area contributed by atoms with Crippen molar-refractivity contribution in [3.8, 4) is 0 Å². The molecule has 0 bridgehead atoms. The Labute approximate surface area is 170 Å². The molecule has 0 radical (unpaired) electrons. The summed E-state index contributed by atoms with van der Waals surface area (Å²) in [5.74, 6) is 0. The van der Waals surface area contributed by atoms with E-state index in [1.807, 2.05) is 0 Å². The Hall–Kier alpha value is -1.72. The molecule has 0 spiro atoms. The molecule has 0 unspecified atom stereocenters. The van der Waals surface area contributed by atoms with Crippen molar-refractivity contribution in [2.75, 3.05) is 0 Å². The molecule has 2 aromatic carbocycles. The average molecular weight is 402 g/mol. The molecule has 0 aliphatic heterocycles. The first-order chi connectivity index (χ1) is 11.8. The molecular formula is C24H22Zr. The van der Waals surface area contributed by atoms with Gasteiger partial charge < -0.3 is 0 Å². The number of allylic oxidation sites excluding steroid dienone is 8. The Kier molecular flexibility index (Phi) is 7.60. The third-order valence-electron chi connectivity index (χ3n) is 4.26. The Bertz CT molecular complexity index is 763. The van der Waals surface area contributed by atoms with Crippen LogP contribution in [0.5, 0.6) is 0 Å². The summed E-state index contributed by atoms with van der Waals surface area (Å²) in [5, 5.41) is 0. The zero-order valence-electron chi connectivity index (χ0n) is 14.8. The molecule has 4 rings (SSSR count). The minimum absolute atomic E-state index is 0. The molecule has 0 fully saturated rings. The van der Waals surface area contributed by atoms with Crippen LogP contribution in [0, 0.1) is 26.0 Å². The number of aryl methyl sites for hydroxylation is 2. The van der Waals surface area contributed by atoms with Gasteiger partial charge in [0.15, 0.2) is 0 Å². The van der Waals surface area contributed by atoms with E-state index in [1.54, 1.807) is 0 Å². The minimum atomic E-state index is 0. The van der Waals surface area contributed by atoms with Gasteiger partial charge in [0.1, 0.15) is 0 Å². The van der Waals surface area contributed by atoms with Crippen molar-refractivity contribution in [1.82, 2.24) is 0 Å². The van der Waals surface area contributed by atoms with Crippen LogP contribution in [0.3, 0.4) is 0 Å². The van der Waals surface area contributed by atoms with Crippen LogP contribution in [-0.2, 0) is 26.2 Å². The fraction of sp³-hybridized carbons (Fsp3) is 0.167. The van der Waals surface area contributed by atoms with Gasteiger partial charge >= 0.3 is 26.2 Å². The Morgan fingerprint density at radius 1 is 0.640 bits per heavy atom. The SMILES string of the molecule is Cc1ccccc1C1=[C-]CC=C1.Cc1ccccc1C1=[C-]CC=C1.[Zr+2]. The van der Waals surface area contributed by atoms with Crippen molar-refractivity contribution in [2.24, 2.45) is 0 Å². The normalized spacial score (nSPS) is 14.3. The van der Waals surface area contributed by atoms with E-state index in [0.29, 0.717) is 0 Å². The van der Waals surface area contributed by atoms with E-state index in [-0.39, 0.29) is 26.2 Å². The van der Waals surface area contributed by atoms with Gasteiger partial charge in [-0.15, -0.1) is 35.4 Å². The van der Waals surface area contributed by atoms with E-state index >= 15 is 0 Å². The Morgan fingerprint density at radius 2 is 1.04 bits per heavy atom. The van der Waals surface area contributed by atoms with Crippen molar-refractivity contribution in [2.45, 2.75) is 26.7 Å². The Morgan fingerprint density at radius 3 is 1.36 bits per heavy atom. The molecule has 25 heavy (non-hydrogen) atoms. The first-order valence-corrected chi connectivity index (χ1v) is 8.42. The molecule has 0 heterocycles. The standard InChI is InChI=1S/2C12H11.Zr/c2*1-10-6-2-5-9-12(10)11-7-3-4-8-11;/h2*2-3,5-7,9H,4H2,1H3;/q2*-1;+2. The molecule has 2 aromatic rings. The summed E-state index contributed by atoms with van der Waals surface area (Å²) in [6, 6.07) is 16.8. The molecule has 0 amide bonds. The summed E-state index contributed by atoms with van der Waals surface area (Å²) in [5.41, 5.74) is 7.76. The van der Waals surface area contributed by atoms with E-state index in [1.165, 1.54) is 33.4 Å². The quantitative estimate of drug-likeness (QED) is 0.519. The van der Waals surface area contributed by atoms with E-state index in [9.17, 15) is 0 Å². The Balaban J connectivity index is 0.000000173. The van der Waals surface area contributed by atoms with Crippen molar-refractivity contribution in [3.05, 3.63) is 107 Å². The number of rotatable bonds is 2. The van der Waals surface area contributed by atoms with Gasteiger partial charge in [0.2, 0.25) is 0 Å². The van der Waals surface area contributed by atoms with E-state index in [2.05, 4.69) is 98.8 Å². The van der Waals surface area contributed by atoms with Crippen LogP contribution in [0.25, 0.3) is 11.1 Å². The summed E-state index contributed by atoms with van der Waals surface area (Å²) in [4.78, 5) is 0. The van der Waals surface area contributed by atoms with Gasteiger partial charge in [0.05, 0.1) is 0 Å². The third-order valence-corrected chi connectivity index (χ3v) is 4.26.